The van der Waals surface area contributed by atoms with Crippen LogP contribution < -0.4 is 0 Å². The molecule has 2 aliphatic rings. The standard InChI is InChI=1S/C14H22O6.Na.H/c1-10(13(15)19-11-6-2-4-8-17-11)14(16)20-12-7-3-5-9-18-12;;/h10-12H,2-9H2,1H3;;. The number of carbonyl (C=O) groups excluding carboxylic acids is 2. The average molecular weight is 310 g/mol. The van der Waals surface area contributed by atoms with Crippen LogP contribution >= 0.6 is 0 Å². The molecule has 7 heteroatoms. The zero-order valence-electron chi connectivity index (χ0n) is 11.8. The van der Waals surface area contributed by atoms with Gasteiger partial charge in [0.2, 0.25) is 12.6 Å². The molecule has 21 heavy (non-hydrogen) atoms. The van der Waals surface area contributed by atoms with E-state index in [1.165, 1.54) is 6.92 Å². The van der Waals surface area contributed by atoms with Crippen molar-refractivity contribution in [2.75, 3.05) is 13.2 Å². The van der Waals surface area contributed by atoms with E-state index >= 15 is 0 Å². The second-order valence-electron chi connectivity index (χ2n) is 5.19. The third-order valence-electron chi connectivity index (χ3n) is 3.48. The number of ether oxygens (including phenoxy) is 4. The van der Waals surface area contributed by atoms with Gasteiger partial charge in [-0.1, -0.05) is 0 Å². The Kier molecular flexibility index (Phi) is 8.82. The SMILES string of the molecule is CC(C(=O)OC1CCCCO1)C(=O)OC1CCCCO1.[NaH]. The van der Waals surface area contributed by atoms with Crippen LogP contribution in [0.3, 0.4) is 0 Å². The van der Waals surface area contributed by atoms with Crippen LogP contribution in [0.25, 0.3) is 0 Å². The van der Waals surface area contributed by atoms with Gasteiger partial charge in [-0.05, 0) is 32.6 Å². The summed E-state index contributed by atoms with van der Waals surface area (Å²) >= 11 is 0. The Balaban J connectivity index is 0.00000220. The monoisotopic (exact) mass is 310 g/mol. The number of rotatable bonds is 4. The van der Waals surface area contributed by atoms with Gasteiger partial charge in [-0.15, -0.1) is 0 Å². The van der Waals surface area contributed by atoms with Gasteiger partial charge in [0.05, 0.1) is 13.2 Å². The van der Waals surface area contributed by atoms with Gasteiger partial charge in [0.15, 0.2) is 5.92 Å². The van der Waals surface area contributed by atoms with Crippen LogP contribution in [0.15, 0.2) is 0 Å². The van der Waals surface area contributed by atoms with Gasteiger partial charge in [0, 0.05) is 12.8 Å². The van der Waals surface area contributed by atoms with Crippen molar-refractivity contribution in [1.29, 1.82) is 0 Å². The Morgan fingerprint density at radius 3 is 1.67 bits per heavy atom. The summed E-state index contributed by atoms with van der Waals surface area (Å²) in [7, 11) is 0. The van der Waals surface area contributed by atoms with Crippen molar-refractivity contribution in [2.45, 2.75) is 58.0 Å². The fraction of sp³-hybridized carbons (Fsp3) is 0.857. The molecule has 2 rings (SSSR count). The van der Waals surface area contributed by atoms with Crippen LogP contribution in [-0.2, 0) is 28.5 Å². The molecule has 0 aromatic carbocycles. The minimum atomic E-state index is -0.953. The molecule has 6 nitrogen and oxygen atoms in total. The van der Waals surface area contributed by atoms with Crippen LogP contribution in [0, 0.1) is 5.92 Å². The van der Waals surface area contributed by atoms with Crippen LogP contribution in [0.4, 0.5) is 0 Å². The van der Waals surface area contributed by atoms with Crippen LogP contribution in [0.2, 0.25) is 0 Å². The van der Waals surface area contributed by atoms with Crippen molar-refractivity contribution in [1.82, 2.24) is 0 Å². The molecule has 0 bridgehead atoms. The molecule has 0 radical (unpaired) electrons. The summed E-state index contributed by atoms with van der Waals surface area (Å²) in [5.41, 5.74) is 0. The molecule has 2 saturated heterocycles. The normalized spacial score (nSPS) is 27.1. The molecule has 0 spiro atoms. The second kappa shape index (κ2) is 9.79. The number of hydrogen-bond donors (Lipinski definition) is 0. The van der Waals surface area contributed by atoms with E-state index < -0.39 is 30.4 Å². The average Bonchev–Trinajstić information content (AvgIpc) is 2.48. The fourth-order valence-electron chi connectivity index (χ4n) is 2.17. The van der Waals surface area contributed by atoms with Crippen molar-refractivity contribution in [2.24, 2.45) is 5.92 Å². The summed E-state index contributed by atoms with van der Waals surface area (Å²) in [6.45, 7) is 2.66. The predicted octanol–water partition coefficient (Wildman–Crippen LogP) is 1.11. The molecule has 0 aliphatic carbocycles. The molecule has 116 valence electrons. The van der Waals surface area contributed by atoms with Crippen molar-refractivity contribution in [3.63, 3.8) is 0 Å². The first kappa shape index (κ1) is 18.9. The molecule has 0 aromatic heterocycles. The van der Waals surface area contributed by atoms with Gasteiger partial charge >= 0.3 is 41.5 Å². The Morgan fingerprint density at radius 1 is 0.905 bits per heavy atom. The van der Waals surface area contributed by atoms with Gasteiger partial charge in [-0.25, -0.2) is 0 Å². The number of esters is 2. The summed E-state index contributed by atoms with van der Waals surface area (Å²) in [4.78, 5) is 23.7. The Hall–Kier alpha value is -0.140. The molecule has 2 aliphatic heterocycles. The molecule has 0 saturated carbocycles. The van der Waals surface area contributed by atoms with Crippen molar-refractivity contribution < 1.29 is 28.5 Å². The Bertz CT molecular complexity index is 304. The first-order valence-corrected chi connectivity index (χ1v) is 7.31. The molecule has 2 atom stereocenters. The molecule has 2 fully saturated rings. The molecule has 0 N–H and O–H groups in total. The van der Waals surface area contributed by atoms with Crippen molar-refractivity contribution in [3.05, 3.63) is 0 Å². The van der Waals surface area contributed by atoms with E-state index in [2.05, 4.69) is 0 Å². The predicted molar refractivity (Wildman–Crippen MR) is 75.7 cm³/mol. The second-order valence-corrected chi connectivity index (χ2v) is 5.19. The quantitative estimate of drug-likeness (QED) is 0.440. The first-order valence-electron chi connectivity index (χ1n) is 7.31. The molecule has 2 unspecified atom stereocenters. The van der Waals surface area contributed by atoms with Crippen LogP contribution in [0.1, 0.15) is 45.4 Å². The zero-order valence-corrected chi connectivity index (χ0v) is 11.8. The third kappa shape index (κ3) is 6.24. The topological polar surface area (TPSA) is 71.1 Å². The van der Waals surface area contributed by atoms with E-state index in [0.717, 1.165) is 25.7 Å². The van der Waals surface area contributed by atoms with Crippen molar-refractivity contribution in [3.8, 4) is 0 Å². The summed E-state index contributed by atoms with van der Waals surface area (Å²) in [6, 6.07) is 0. The Labute approximate surface area is 147 Å². The van der Waals surface area contributed by atoms with E-state index in [1.54, 1.807) is 0 Å². The van der Waals surface area contributed by atoms with Crippen LogP contribution in [0.5, 0.6) is 0 Å². The summed E-state index contributed by atoms with van der Waals surface area (Å²) in [5, 5.41) is 0. The zero-order chi connectivity index (χ0) is 14.4. The van der Waals surface area contributed by atoms with Crippen molar-refractivity contribution >= 4 is 41.5 Å². The molecular formula is C14H23NaO6. The minimum absolute atomic E-state index is 0. The molecule has 0 aromatic rings. The van der Waals surface area contributed by atoms with E-state index in [0.29, 0.717) is 26.1 Å². The third-order valence-corrected chi connectivity index (χ3v) is 3.48. The summed E-state index contributed by atoms with van der Waals surface area (Å²) < 4.78 is 20.9. The summed E-state index contributed by atoms with van der Waals surface area (Å²) in [6.07, 6.45) is 4.18. The van der Waals surface area contributed by atoms with E-state index in [4.69, 9.17) is 18.9 Å². The molecule has 0 amide bonds. The maximum absolute atomic E-state index is 11.9. The van der Waals surface area contributed by atoms with Crippen LogP contribution in [-0.4, -0.2) is 67.3 Å². The molecule has 2 heterocycles. The fourth-order valence-corrected chi connectivity index (χ4v) is 2.17. The van der Waals surface area contributed by atoms with E-state index in [1.807, 2.05) is 0 Å². The Morgan fingerprint density at radius 2 is 1.33 bits per heavy atom. The number of carbonyl (C=O) groups is 2. The van der Waals surface area contributed by atoms with Gasteiger partial charge in [-0.2, -0.15) is 0 Å². The summed E-state index contributed by atoms with van der Waals surface area (Å²) in [5.74, 6) is -2.15. The van der Waals surface area contributed by atoms with Gasteiger partial charge in [0.1, 0.15) is 0 Å². The van der Waals surface area contributed by atoms with Gasteiger partial charge in [0.25, 0.3) is 0 Å². The number of hydrogen-bond acceptors (Lipinski definition) is 6. The van der Waals surface area contributed by atoms with E-state index in [9.17, 15) is 9.59 Å². The molecular weight excluding hydrogens is 287 g/mol. The van der Waals surface area contributed by atoms with E-state index in [-0.39, 0.29) is 29.6 Å². The van der Waals surface area contributed by atoms with Gasteiger partial charge in [-0.3, -0.25) is 9.59 Å². The van der Waals surface area contributed by atoms with Gasteiger partial charge < -0.3 is 18.9 Å². The first-order chi connectivity index (χ1) is 9.66. The maximum atomic E-state index is 11.9.